The molecule has 0 radical (unpaired) electrons. The van der Waals surface area contributed by atoms with Crippen molar-refractivity contribution in [3.8, 4) is 0 Å². The zero-order valence-corrected chi connectivity index (χ0v) is 11.6. The van der Waals surface area contributed by atoms with E-state index < -0.39 is 5.82 Å². The molecule has 0 bridgehead atoms. The van der Waals surface area contributed by atoms with Gasteiger partial charge >= 0.3 is 0 Å². The van der Waals surface area contributed by atoms with Crippen LogP contribution >= 0.6 is 0 Å². The van der Waals surface area contributed by atoms with E-state index in [4.69, 9.17) is 0 Å². The van der Waals surface area contributed by atoms with Crippen molar-refractivity contribution in [3.05, 3.63) is 35.6 Å². The molecule has 0 atom stereocenters. The molecule has 108 valence electrons. The van der Waals surface area contributed by atoms with Gasteiger partial charge in [-0.2, -0.15) is 0 Å². The standard InChI is InChI=1S/C16H21FN2O/c17-15-4-2-1-3-14(15)16(20)19(13-5-6-13)11-12-7-9-18-10-8-12/h1-4,12-13,18H,5-11H2. The lowest BCUT2D eigenvalue weighted by atomic mass is 9.97. The summed E-state index contributed by atoms with van der Waals surface area (Å²) >= 11 is 0. The predicted molar refractivity (Wildman–Crippen MR) is 76.1 cm³/mol. The van der Waals surface area contributed by atoms with Gasteiger partial charge < -0.3 is 10.2 Å². The Morgan fingerprint density at radius 3 is 2.55 bits per heavy atom. The zero-order chi connectivity index (χ0) is 13.9. The van der Waals surface area contributed by atoms with Gasteiger partial charge in [0.2, 0.25) is 0 Å². The van der Waals surface area contributed by atoms with Gasteiger partial charge in [0.25, 0.3) is 5.91 Å². The van der Waals surface area contributed by atoms with E-state index >= 15 is 0 Å². The second kappa shape index (κ2) is 5.92. The molecule has 3 rings (SSSR count). The number of halogens is 1. The Kier molecular flexibility index (Phi) is 4.01. The number of nitrogens with one attached hydrogen (secondary N) is 1. The molecule has 20 heavy (non-hydrogen) atoms. The number of amides is 1. The number of carbonyl (C=O) groups excluding carboxylic acids is 1. The molecule has 0 unspecified atom stereocenters. The van der Waals surface area contributed by atoms with Gasteiger partial charge in [0.15, 0.2) is 0 Å². The first-order chi connectivity index (χ1) is 9.75. The van der Waals surface area contributed by atoms with Gasteiger partial charge in [0.05, 0.1) is 5.56 Å². The highest BCUT2D eigenvalue weighted by molar-refractivity contribution is 5.94. The number of benzene rings is 1. The molecule has 2 fully saturated rings. The molecule has 2 aliphatic rings. The van der Waals surface area contributed by atoms with E-state index in [1.54, 1.807) is 18.2 Å². The molecule has 1 aromatic rings. The lowest BCUT2D eigenvalue weighted by Crippen LogP contribution is -2.40. The molecule has 1 amide bonds. The van der Waals surface area contributed by atoms with E-state index in [1.165, 1.54) is 6.07 Å². The average Bonchev–Trinajstić information content (AvgIpc) is 3.30. The van der Waals surface area contributed by atoms with E-state index in [0.717, 1.165) is 45.3 Å². The summed E-state index contributed by atoms with van der Waals surface area (Å²) in [5.41, 5.74) is 0.216. The van der Waals surface area contributed by atoms with Crippen molar-refractivity contribution in [2.45, 2.75) is 31.7 Å². The highest BCUT2D eigenvalue weighted by atomic mass is 19.1. The van der Waals surface area contributed by atoms with Gasteiger partial charge in [-0.3, -0.25) is 4.79 Å². The summed E-state index contributed by atoms with van der Waals surface area (Å²) in [6.45, 7) is 2.83. The number of rotatable bonds is 4. The highest BCUT2D eigenvalue weighted by Gasteiger charge is 2.35. The second-order valence-corrected chi connectivity index (χ2v) is 5.86. The van der Waals surface area contributed by atoms with Crippen molar-refractivity contribution in [3.63, 3.8) is 0 Å². The maximum absolute atomic E-state index is 13.8. The largest absolute Gasteiger partial charge is 0.335 e. The Morgan fingerprint density at radius 1 is 1.20 bits per heavy atom. The first-order valence-electron chi connectivity index (χ1n) is 7.52. The molecule has 3 nitrogen and oxygen atoms in total. The van der Waals surface area contributed by atoms with Crippen molar-refractivity contribution in [2.75, 3.05) is 19.6 Å². The normalized spacial score (nSPS) is 19.9. The minimum atomic E-state index is -0.409. The van der Waals surface area contributed by atoms with Crippen molar-refractivity contribution < 1.29 is 9.18 Å². The first-order valence-corrected chi connectivity index (χ1v) is 7.52. The van der Waals surface area contributed by atoms with Gasteiger partial charge in [-0.25, -0.2) is 4.39 Å². The number of carbonyl (C=O) groups is 1. The van der Waals surface area contributed by atoms with Crippen LogP contribution < -0.4 is 5.32 Å². The molecule has 1 aromatic carbocycles. The van der Waals surface area contributed by atoms with E-state index in [0.29, 0.717) is 12.0 Å². The van der Waals surface area contributed by atoms with E-state index in [1.807, 2.05) is 4.90 Å². The van der Waals surface area contributed by atoms with Crippen LogP contribution in [0.2, 0.25) is 0 Å². The third-order valence-corrected chi connectivity index (χ3v) is 4.27. The van der Waals surface area contributed by atoms with Crippen LogP contribution in [0, 0.1) is 11.7 Å². The molecule has 1 aliphatic carbocycles. The fourth-order valence-corrected chi connectivity index (χ4v) is 2.92. The van der Waals surface area contributed by atoms with Crippen LogP contribution in [0.3, 0.4) is 0 Å². The number of hydrogen-bond donors (Lipinski definition) is 1. The topological polar surface area (TPSA) is 32.3 Å². The fraction of sp³-hybridized carbons (Fsp3) is 0.562. The average molecular weight is 276 g/mol. The van der Waals surface area contributed by atoms with Gasteiger partial charge in [-0.05, 0) is 56.8 Å². The summed E-state index contributed by atoms with van der Waals surface area (Å²) in [5, 5.41) is 3.34. The smallest absolute Gasteiger partial charge is 0.257 e. The predicted octanol–water partition coefficient (Wildman–Crippen LogP) is 2.43. The Balaban J connectivity index is 1.73. The molecule has 1 N–H and O–H groups in total. The van der Waals surface area contributed by atoms with Crippen molar-refractivity contribution in [2.24, 2.45) is 5.92 Å². The van der Waals surface area contributed by atoms with E-state index in [2.05, 4.69) is 5.32 Å². The Hall–Kier alpha value is -1.42. The minimum absolute atomic E-state index is 0.135. The van der Waals surface area contributed by atoms with Crippen LogP contribution in [0.25, 0.3) is 0 Å². The number of hydrogen-bond acceptors (Lipinski definition) is 2. The summed E-state index contributed by atoms with van der Waals surface area (Å²) < 4.78 is 13.8. The van der Waals surface area contributed by atoms with Crippen molar-refractivity contribution >= 4 is 5.91 Å². The van der Waals surface area contributed by atoms with Crippen LogP contribution in [-0.2, 0) is 0 Å². The summed E-state index contributed by atoms with van der Waals surface area (Å²) in [4.78, 5) is 14.5. The Morgan fingerprint density at radius 2 is 1.90 bits per heavy atom. The summed E-state index contributed by atoms with van der Waals surface area (Å²) in [6.07, 6.45) is 4.33. The maximum atomic E-state index is 13.8. The second-order valence-electron chi connectivity index (χ2n) is 5.86. The Labute approximate surface area is 119 Å². The monoisotopic (exact) mass is 276 g/mol. The van der Waals surface area contributed by atoms with E-state index in [-0.39, 0.29) is 11.5 Å². The molecule has 1 saturated heterocycles. The quantitative estimate of drug-likeness (QED) is 0.916. The summed E-state index contributed by atoms with van der Waals surface area (Å²) in [7, 11) is 0. The van der Waals surface area contributed by atoms with Gasteiger partial charge in [-0.15, -0.1) is 0 Å². The molecule has 1 saturated carbocycles. The summed E-state index contributed by atoms with van der Waals surface area (Å²) in [5.74, 6) is 0.00478. The molecule has 1 aliphatic heterocycles. The van der Waals surface area contributed by atoms with Gasteiger partial charge in [0, 0.05) is 12.6 Å². The molecular formula is C16H21FN2O. The number of nitrogens with zero attached hydrogens (tertiary/aromatic N) is 1. The number of piperidine rings is 1. The lowest BCUT2D eigenvalue weighted by molar-refractivity contribution is 0.0697. The minimum Gasteiger partial charge on any atom is -0.335 e. The molecule has 0 spiro atoms. The molecular weight excluding hydrogens is 255 g/mol. The zero-order valence-electron chi connectivity index (χ0n) is 11.6. The molecule has 0 aromatic heterocycles. The van der Waals surface area contributed by atoms with Gasteiger partial charge in [-0.1, -0.05) is 12.1 Å². The van der Waals surface area contributed by atoms with Crippen LogP contribution in [0.5, 0.6) is 0 Å². The highest BCUT2D eigenvalue weighted by Crippen LogP contribution is 2.30. The van der Waals surface area contributed by atoms with Gasteiger partial charge in [0.1, 0.15) is 5.82 Å². The SMILES string of the molecule is O=C(c1ccccc1F)N(CC1CCNCC1)C1CC1. The van der Waals surface area contributed by atoms with Crippen LogP contribution in [0.15, 0.2) is 24.3 Å². The molecule has 4 heteroatoms. The van der Waals surface area contributed by atoms with Crippen LogP contribution in [0.4, 0.5) is 4.39 Å². The van der Waals surface area contributed by atoms with Crippen LogP contribution in [-0.4, -0.2) is 36.5 Å². The van der Waals surface area contributed by atoms with Crippen molar-refractivity contribution in [1.82, 2.24) is 10.2 Å². The Bertz CT molecular complexity index is 481. The third kappa shape index (κ3) is 3.01. The lowest BCUT2D eigenvalue weighted by Gasteiger charge is -2.30. The van der Waals surface area contributed by atoms with Crippen LogP contribution in [0.1, 0.15) is 36.0 Å². The summed E-state index contributed by atoms with van der Waals surface area (Å²) in [6, 6.07) is 6.64. The maximum Gasteiger partial charge on any atom is 0.257 e. The molecule has 1 heterocycles. The van der Waals surface area contributed by atoms with E-state index in [9.17, 15) is 9.18 Å². The third-order valence-electron chi connectivity index (χ3n) is 4.27. The first kappa shape index (κ1) is 13.6. The van der Waals surface area contributed by atoms with Crippen molar-refractivity contribution in [1.29, 1.82) is 0 Å². The fourth-order valence-electron chi connectivity index (χ4n) is 2.92.